The SMILES string of the molecule is N#C/C(=C/c1cc(Br)c(OCc2ccccc2F)c(Br)c1)c1cccc([N+](=O)[O-])c1. The number of non-ortho nitro benzene ring substituents is 1. The highest BCUT2D eigenvalue weighted by molar-refractivity contribution is 9.11. The molecule has 0 amide bonds. The third kappa shape index (κ3) is 5.12. The molecule has 0 aliphatic rings. The van der Waals surface area contributed by atoms with Crippen LogP contribution >= 0.6 is 31.9 Å². The van der Waals surface area contributed by atoms with Crippen LogP contribution < -0.4 is 4.74 Å². The van der Waals surface area contributed by atoms with Crippen LogP contribution in [0.25, 0.3) is 11.6 Å². The van der Waals surface area contributed by atoms with Gasteiger partial charge in [0.15, 0.2) is 0 Å². The Morgan fingerprint density at radius 2 is 1.83 bits per heavy atom. The first-order chi connectivity index (χ1) is 14.4. The van der Waals surface area contributed by atoms with E-state index in [1.54, 1.807) is 42.5 Å². The van der Waals surface area contributed by atoms with Crippen LogP contribution in [0.3, 0.4) is 0 Å². The van der Waals surface area contributed by atoms with E-state index in [0.29, 0.717) is 31.4 Å². The van der Waals surface area contributed by atoms with E-state index in [0.717, 1.165) is 0 Å². The highest BCUT2D eigenvalue weighted by Gasteiger charge is 2.12. The molecule has 0 saturated heterocycles. The smallest absolute Gasteiger partial charge is 0.270 e. The first-order valence-corrected chi connectivity index (χ1v) is 10.2. The Bertz CT molecular complexity index is 1170. The molecule has 0 bridgehead atoms. The van der Waals surface area contributed by atoms with Gasteiger partial charge in [-0.25, -0.2) is 4.39 Å². The zero-order valence-corrected chi connectivity index (χ0v) is 18.5. The van der Waals surface area contributed by atoms with Gasteiger partial charge in [0, 0.05) is 17.7 Å². The van der Waals surface area contributed by atoms with Crippen molar-refractivity contribution in [2.24, 2.45) is 0 Å². The van der Waals surface area contributed by atoms with Crippen LogP contribution in [-0.4, -0.2) is 4.92 Å². The van der Waals surface area contributed by atoms with Gasteiger partial charge in [-0.3, -0.25) is 10.1 Å². The van der Waals surface area contributed by atoms with E-state index >= 15 is 0 Å². The fraction of sp³-hybridized carbons (Fsp3) is 0.0455. The molecule has 0 aliphatic heterocycles. The summed E-state index contributed by atoms with van der Waals surface area (Å²) in [4.78, 5) is 10.5. The first kappa shape index (κ1) is 21.7. The number of allylic oxidation sites excluding steroid dienone is 1. The molecule has 3 aromatic rings. The van der Waals surface area contributed by atoms with Gasteiger partial charge in [0.05, 0.1) is 25.5 Å². The number of nitro benzene ring substituents is 1. The van der Waals surface area contributed by atoms with E-state index in [-0.39, 0.29) is 23.7 Å². The summed E-state index contributed by atoms with van der Waals surface area (Å²) in [5, 5.41) is 20.5. The van der Waals surface area contributed by atoms with Crippen molar-refractivity contribution < 1.29 is 14.1 Å². The van der Waals surface area contributed by atoms with Gasteiger partial charge in [-0.2, -0.15) is 5.26 Å². The zero-order chi connectivity index (χ0) is 21.7. The molecule has 150 valence electrons. The molecule has 8 heteroatoms. The summed E-state index contributed by atoms with van der Waals surface area (Å²) in [6.45, 7) is 0.0518. The van der Waals surface area contributed by atoms with Crippen molar-refractivity contribution in [2.45, 2.75) is 6.61 Å². The fourth-order valence-corrected chi connectivity index (χ4v) is 4.15. The van der Waals surface area contributed by atoms with E-state index in [9.17, 15) is 19.8 Å². The second-order valence-electron chi connectivity index (χ2n) is 6.17. The lowest BCUT2D eigenvalue weighted by Gasteiger charge is -2.12. The Morgan fingerprint density at radius 3 is 2.47 bits per heavy atom. The van der Waals surface area contributed by atoms with Crippen molar-refractivity contribution in [3.8, 4) is 11.8 Å². The number of rotatable bonds is 6. The molecule has 0 fully saturated rings. The lowest BCUT2D eigenvalue weighted by Crippen LogP contribution is -1.99. The zero-order valence-electron chi connectivity index (χ0n) is 15.3. The predicted molar refractivity (Wildman–Crippen MR) is 119 cm³/mol. The lowest BCUT2D eigenvalue weighted by atomic mass is 10.0. The normalized spacial score (nSPS) is 11.1. The number of nitro groups is 1. The Hall–Kier alpha value is -3.02. The molecule has 0 spiro atoms. The molecule has 0 unspecified atom stereocenters. The van der Waals surface area contributed by atoms with Crippen LogP contribution in [0.4, 0.5) is 10.1 Å². The Kier molecular flexibility index (Phi) is 6.98. The van der Waals surface area contributed by atoms with Crippen LogP contribution in [0.5, 0.6) is 5.75 Å². The van der Waals surface area contributed by atoms with E-state index in [1.165, 1.54) is 24.3 Å². The molecule has 3 aromatic carbocycles. The van der Waals surface area contributed by atoms with Crippen molar-refractivity contribution in [3.05, 3.63) is 102 Å². The summed E-state index contributed by atoms with van der Waals surface area (Å²) in [5.74, 6) is 0.143. The lowest BCUT2D eigenvalue weighted by molar-refractivity contribution is -0.384. The summed E-state index contributed by atoms with van der Waals surface area (Å²) in [5.41, 5.74) is 1.73. The molecule has 3 rings (SSSR count). The van der Waals surface area contributed by atoms with Crippen LogP contribution in [0.15, 0.2) is 69.6 Å². The molecule has 0 aromatic heterocycles. The Balaban J connectivity index is 1.88. The number of nitrogens with zero attached hydrogens (tertiary/aromatic N) is 2. The van der Waals surface area contributed by atoms with Crippen molar-refractivity contribution >= 4 is 49.2 Å². The van der Waals surface area contributed by atoms with Gasteiger partial charge in [0.1, 0.15) is 18.2 Å². The number of halogens is 3. The third-order valence-corrected chi connectivity index (χ3v) is 5.33. The first-order valence-electron chi connectivity index (χ1n) is 8.61. The molecule has 0 aliphatic carbocycles. The maximum Gasteiger partial charge on any atom is 0.270 e. The van der Waals surface area contributed by atoms with E-state index in [4.69, 9.17) is 4.74 Å². The molecule has 0 radical (unpaired) electrons. The van der Waals surface area contributed by atoms with Gasteiger partial charge in [0.25, 0.3) is 5.69 Å². The average Bonchev–Trinajstić information content (AvgIpc) is 2.72. The summed E-state index contributed by atoms with van der Waals surface area (Å²) in [6.07, 6.45) is 1.62. The molecular weight excluding hydrogens is 519 g/mol. The standard InChI is InChI=1S/C22H13Br2FN2O3/c23-19-9-14(8-17(12-26)15-5-3-6-18(11-15)27(28)29)10-20(24)22(19)30-13-16-4-1-2-7-21(16)25/h1-11H,13H2/b17-8-. The fourth-order valence-electron chi connectivity index (χ4n) is 2.70. The van der Waals surface area contributed by atoms with Crippen molar-refractivity contribution in [3.63, 3.8) is 0 Å². The maximum atomic E-state index is 13.8. The highest BCUT2D eigenvalue weighted by Crippen LogP contribution is 2.36. The van der Waals surface area contributed by atoms with Crippen LogP contribution in [-0.2, 0) is 6.61 Å². The number of benzene rings is 3. The molecule has 0 atom stereocenters. The predicted octanol–water partition coefficient (Wildman–Crippen LogP) is 6.90. The average molecular weight is 532 g/mol. The van der Waals surface area contributed by atoms with Gasteiger partial charge in [-0.1, -0.05) is 30.3 Å². The summed E-state index contributed by atoms with van der Waals surface area (Å²) >= 11 is 6.88. The van der Waals surface area contributed by atoms with E-state index in [2.05, 4.69) is 37.9 Å². The molecule has 0 saturated carbocycles. The van der Waals surface area contributed by atoms with Crippen LogP contribution in [0, 0.1) is 27.3 Å². The number of hydrogen-bond acceptors (Lipinski definition) is 4. The van der Waals surface area contributed by atoms with Gasteiger partial charge >= 0.3 is 0 Å². The van der Waals surface area contributed by atoms with E-state index < -0.39 is 4.92 Å². The summed E-state index contributed by atoms with van der Waals surface area (Å²) in [7, 11) is 0. The van der Waals surface area contributed by atoms with Gasteiger partial charge in [-0.15, -0.1) is 0 Å². The molecule has 5 nitrogen and oxygen atoms in total. The highest BCUT2D eigenvalue weighted by atomic mass is 79.9. The quantitative estimate of drug-likeness (QED) is 0.150. The largest absolute Gasteiger partial charge is 0.486 e. The van der Waals surface area contributed by atoms with Crippen LogP contribution in [0.2, 0.25) is 0 Å². The van der Waals surface area contributed by atoms with Crippen LogP contribution in [0.1, 0.15) is 16.7 Å². The number of hydrogen-bond donors (Lipinski definition) is 0. The monoisotopic (exact) mass is 530 g/mol. The third-order valence-electron chi connectivity index (χ3n) is 4.15. The number of ether oxygens (including phenoxy) is 1. The molecule has 30 heavy (non-hydrogen) atoms. The minimum Gasteiger partial charge on any atom is -0.486 e. The minimum absolute atomic E-state index is 0.0518. The summed E-state index contributed by atoms with van der Waals surface area (Å²) in [6, 6.07) is 17.8. The molecule has 0 heterocycles. The topological polar surface area (TPSA) is 76.2 Å². The van der Waals surface area contributed by atoms with Crippen molar-refractivity contribution in [2.75, 3.05) is 0 Å². The van der Waals surface area contributed by atoms with E-state index in [1.807, 2.05) is 0 Å². The maximum absolute atomic E-state index is 13.8. The Morgan fingerprint density at radius 1 is 1.13 bits per heavy atom. The summed E-state index contributed by atoms with van der Waals surface area (Å²) < 4.78 is 20.8. The van der Waals surface area contributed by atoms with Gasteiger partial charge in [0.2, 0.25) is 0 Å². The molecule has 0 N–H and O–H groups in total. The Labute approximate surface area is 188 Å². The van der Waals surface area contributed by atoms with Crippen molar-refractivity contribution in [1.29, 1.82) is 5.26 Å². The number of nitriles is 1. The second kappa shape index (κ2) is 9.65. The van der Waals surface area contributed by atoms with Crippen molar-refractivity contribution in [1.82, 2.24) is 0 Å². The van der Waals surface area contributed by atoms with Gasteiger partial charge < -0.3 is 4.74 Å². The molecular formula is C22H13Br2FN2O3. The minimum atomic E-state index is -0.507. The second-order valence-corrected chi connectivity index (χ2v) is 7.88. The van der Waals surface area contributed by atoms with Gasteiger partial charge in [-0.05, 0) is 67.3 Å².